The van der Waals surface area contributed by atoms with Crippen LogP contribution in [0.25, 0.3) is 0 Å². The second kappa shape index (κ2) is 4.85. The minimum absolute atomic E-state index is 0.0309. The first-order valence-electron chi connectivity index (χ1n) is 9.03. The largest absolute Gasteiger partial charge is 0.469 e. The van der Waals surface area contributed by atoms with Crippen LogP contribution in [0, 0.1) is 11.8 Å². The third-order valence-corrected chi connectivity index (χ3v) is 7.10. The van der Waals surface area contributed by atoms with E-state index in [2.05, 4.69) is 47.5 Å². The lowest BCUT2D eigenvalue weighted by atomic mass is 9.50. The zero-order valence-corrected chi connectivity index (χ0v) is 14.3. The van der Waals surface area contributed by atoms with Gasteiger partial charge in [-0.15, -0.1) is 0 Å². The third kappa shape index (κ3) is 1.55. The summed E-state index contributed by atoms with van der Waals surface area (Å²) in [6, 6.07) is 9.43. The van der Waals surface area contributed by atoms with Crippen molar-refractivity contribution < 1.29 is 9.53 Å². The fraction of sp³-hybridized carbons (Fsp3) is 0.550. The summed E-state index contributed by atoms with van der Waals surface area (Å²) in [7, 11) is 1.54. The Morgan fingerprint density at radius 1 is 1.42 bits per heavy atom. The lowest BCUT2D eigenvalue weighted by Gasteiger charge is -2.62. The Balaban J connectivity index is 1.76. The van der Waals surface area contributed by atoms with Gasteiger partial charge in [0.1, 0.15) is 0 Å². The third-order valence-electron chi connectivity index (χ3n) is 7.10. The van der Waals surface area contributed by atoms with Gasteiger partial charge in [-0.1, -0.05) is 29.8 Å². The van der Waals surface area contributed by atoms with Gasteiger partial charge in [0.2, 0.25) is 0 Å². The molecule has 1 N–H and O–H groups in total. The van der Waals surface area contributed by atoms with Gasteiger partial charge < -0.3 is 10.1 Å². The highest BCUT2D eigenvalue weighted by atomic mass is 16.5. The number of piperidine rings is 2. The molecule has 1 aromatic carbocycles. The average Bonchev–Trinajstić information content (AvgIpc) is 2.96. The number of nitrogens with one attached hydrogen (secondary N) is 1. The number of benzene rings is 1. The molecule has 1 aromatic rings. The number of carbonyl (C=O) groups excluding carboxylic acids is 1. The van der Waals surface area contributed by atoms with Crippen LogP contribution in [0.1, 0.15) is 25.3 Å². The number of ether oxygens (including phenoxy) is 1. The van der Waals surface area contributed by atoms with Crippen LogP contribution < -0.4 is 5.32 Å². The van der Waals surface area contributed by atoms with Crippen molar-refractivity contribution in [1.29, 1.82) is 0 Å². The van der Waals surface area contributed by atoms with E-state index in [4.69, 9.17) is 4.74 Å². The first-order chi connectivity index (χ1) is 11.7. The van der Waals surface area contributed by atoms with E-state index in [-0.39, 0.29) is 17.3 Å². The molecule has 3 bridgehead atoms. The fourth-order valence-electron chi connectivity index (χ4n) is 6.19. The van der Waals surface area contributed by atoms with Crippen molar-refractivity contribution in [2.75, 3.05) is 25.5 Å². The van der Waals surface area contributed by atoms with Crippen molar-refractivity contribution in [3.63, 3.8) is 0 Å². The highest BCUT2D eigenvalue weighted by Crippen LogP contribution is 2.61. The zero-order valence-electron chi connectivity index (χ0n) is 14.3. The topological polar surface area (TPSA) is 41.6 Å². The van der Waals surface area contributed by atoms with Crippen LogP contribution in [0.5, 0.6) is 0 Å². The quantitative estimate of drug-likeness (QED) is 0.637. The summed E-state index contributed by atoms with van der Waals surface area (Å²) in [6.45, 7) is 4.18. The molecule has 1 aliphatic carbocycles. The predicted molar refractivity (Wildman–Crippen MR) is 92.9 cm³/mol. The van der Waals surface area contributed by atoms with Gasteiger partial charge >= 0.3 is 5.97 Å². The lowest BCUT2D eigenvalue weighted by Crippen LogP contribution is -2.71. The number of nitrogens with zero attached hydrogens (tertiary/aromatic N) is 1. The molecule has 126 valence electrons. The summed E-state index contributed by atoms with van der Waals surface area (Å²) in [4.78, 5) is 15.6. The Labute approximate surface area is 142 Å². The number of carbonyl (C=O) groups is 1. The second-order valence-corrected chi connectivity index (χ2v) is 7.70. The van der Waals surface area contributed by atoms with Gasteiger partial charge in [-0.25, -0.2) is 0 Å². The molecule has 24 heavy (non-hydrogen) atoms. The average molecular weight is 324 g/mol. The van der Waals surface area contributed by atoms with Gasteiger partial charge in [0.05, 0.1) is 19.1 Å². The van der Waals surface area contributed by atoms with Crippen molar-refractivity contribution in [2.45, 2.75) is 37.3 Å². The molecule has 0 radical (unpaired) electrons. The van der Waals surface area contributed by atoms with Gasteiger partial charge in [0.15, 0.2) is 0 Å². The summed E-state index contributed by atoms with van der Waals surface area (Å²) in [6.07, 6.45) is 4.33. The van der Waals surface area contributed by atoms with Crippen molar-refractivity contribution in [3.8, 4) is 0 Å². The molecule has 0 aromatic heterocycles. The van der Waals surface area contributed by atoms with Crippen LogP contribution in [0.15, 0.2) is 35.9 Å². The number of methoxy groups -OCH3 is 1. The molecule has 3 fully saturated rings. The number of allylic oxidation sites excluding steroid dienone is 1. The number of esters is 1. The second-order valence-electron chi connectivity index (χ2n) is 7.70. The van der Waals surface area contributed by atoms with E-state index in [1.165, 1.54) is 16.8 Å². The summed E-state index contributed by atoms with van der Waals surface area (Å²) in [5.41, 5.74) is 3.84. The Hall–Kier alpha value is -1.81. The molecule has 5 rings (SSSR count). The zero-order chi connectivity index (χ0) is 16.5. The number of para-hydroxylation sites is 1. The fourth-order valence-corrected chi connectivity index (χ4v) is 6.19. The van der Waals surface area contributed by atoms with Gasteiger partial charge in [-0.05, 0) is 43.9 Å². The molecule has 5 unspecified atom stereocenters. The summed E-state index contributed by atoms with van der Waals surface area (Å²) < 4.78 is 5.33. The molecule has 1 saturated carbocycles. The first kappa shape index (κ1) is 14.5. The molecule has 4 aliphatic rings. The predicted octanol–water partition coefficient (Wildman–Crippen LogP) is 2.56. The van der Waals surface area contributed by atoms with Crippen LogP contribution in [0.3, 0.4) is 0 Å². The van der Waals surface area contributed by atoms with Crippen LogP contribution >= 0.6 is 0 Å². The van der Waals surface area contributed by atoms with E-state index in [1.54, 1.807) is 7.11 Å². The number of hydrogen-bond acceptors (Lipinski definition) is 4. The molecule has 4 nitrogen and oxygen atoms in total. The van der Waals surface area contributed by atoms with E-state index >= 15 is 0 Å². The highest BCUT2D eigenvalue weighted by Gasteiger charge is 2.67. The molecule has 0 spiro atoms. The van der Waals surface area contributed by atoms with Crippen molar-refractivity contribution in [3.05, 3.63) is 41.5 Å². The summed E-state index contributed by atoms with van der Waals surface area (Å²) >= 11 is 0. The summed E-state index contributed by atoms with van der Waals surface area (Å²) in [5.74, 6) is 0.207. The van der Waals surface area contributed by atoms with Crippen molar-refractivity contribution in [1.82, 2.24) is 4.90 Å². The van der Waals surface area contributed by atoms with Gasteiger partial charge in [0, 0.05) is 23.7 Å². The van der Waals surface area contributed by atoms with Crippen LogP contribution in [-0.2, 0) is 14.9 Å². The first-order valence-corrected chi connectivity index (χ1v) is 9.03. The maximum Gasteiger partial charge on any atom is 0.310 e. The monoisotopic (exact) mass is 324 g/mol. The molecule has 0 amide bonds. The Kier molecular flexibility index (Phi) is 2.94. The molecule has 3 aliphatic heterocycles. The van der Waals surface area contributed by atoms with Gasteiger partial charge in [0.25, 0.3) is 0 Å². The molecule has 5 atom stereocenters. The summed E-state index contributed by atoms with van der Waals surface area (Å²) in [5, 5.41) is 3.79. The molecule has 2 saturated heterocycles. The standard InChI is InChI=1S/C20H24N2O2/c1-3-12-11-22-9-8-20-14-6-4-5-7-15(14)21-18(20)16(22)10-13(12)17(20)19(23)24-2/h3-7,13,16-18,21H,8-11H2,1-2H3/b12-3-. The molecular weight excluding hydrogens is 300 g/mol. The van der Waals surface area contributed by atoms with Crippen molar-refractivity contribution >= 4 is 11.7 Å². The van der Waals surface area contributed by atoms with Gasteiger partial charge in [-0.2, -0.15) is 0 Å². The van der Waals surface area contributed by atoms with E-state index < -0.39 is 0 Å². The molecular formula is C20H24N2O2. The van der Waals surface area contributed by atoms with Gasteiger partial charge in [-0.3, -0.25) is 9.69 Å². The minimum Gasteiger partial charge on any atom is -0.469 e. The Morgan fingerprint density at radius 2 is 2.25 bits per heavy atom. The van der Waals surface area contributed by atoms with E-state index in [9.17, 15) is 4.79 Å². The van der Waals surface area contributed by atoms with Crippen LogP contribution in [-0.4, -0.2) is 43.2 Å². The lowest BCUT2D eigenvalue weighted by molar-refractivity contribution is -0.158. The normalized spacial score (nSPS) is 40.8. The Morgan fingerprint density at radius 3 is 3.04 bits per heavy atom. The van der Waals surface area contributed by atoms with E-state index in [0.29, 0.717) is 18.0 Å². The number of hydrogen-bond donors (Lipinski definition) is 1. The molecule has 3 heterocycles. The number of fused-ring (bicyclic) bond motifs is 2. The van der Waals surface area contributed by atoms with E-state index in [1.807, 2.05) is 0 Å². The molecule has 4 heteroatoms. The smallest absolute Gasteiger partial charge is 0.310 e. The number of anilines is 1. The van der Waals surface area contributed by atoms with Crippen LogP contribution in [0.4, 0.5) is 5.69 Å². The maximum atomic E-state index is 13.0. The Bertz CT molecular complexity index is 743. The van der Waals surface area contributed by atoms with Crippen molar-refractivity contribution in [2.24, 2.45) is 11.8 Å². The van der Waals surface area contributed by atoms with Crippen LogP contribution in [0.2, 0.25) is 0 Å². The SMILES string of the molecule is C/C=C1/CN2CCC34c5ccccc5NC3C2CC1C4C(=O)OC. The maximum absolute atomic E-state index is 13.0. The highest BCUT2D eigenvalue weighted by molar-refractivity contribution is 5.80. The van der Waals surface area contributed by atoms with E-state index in [0.717, 1.165) is 25.9 Å². The number of rotatable bonds is 1. The minimum atomic E-state index is -0.123.